The highest BCUT2D eigenvalue weighted by Gasteiger charge is 2.30. The van der Waals surface area contributed by atoms with Crippen LogP contribution in [0.15, 0.2) is 82.4 Å². The minimum atomic E-state index is -3.80. The molecule has 2 aromatic heterocycles. The van der Waals surface area contributed by atoms with Crippen molar-refractivity contribution in [2.24, 2.45) is 0 Å². The highest BCUT2D eigenvalue weighted by atomic mass is 32.2. The molecule has 2 aromatic carbocycles. The molecule has 7 nitrogen and oxygen atoms in total. The van der Waals surface area contributed by atoms with Crippen LogP contribution in [0.3, 0.4) is 0 Å². The second kappa shape index (κ2) is 6.90. The first-order valence-electron chi connectivity index (χ1n) is 8.66. The summed E-state index contributed by atoms with van der Waals surface area (Å²) < 4.78 is 35.0. The van der Waals surface area contributed by atoms with Gasteiger partial charge in [-0.05, 0) is 49.4 Å². The molecule has 0 saturated carbocycles. The number of sulfonamides is 1. The fourth-order valence-corrected chi connectivity index (χ4v) is 3.98. The van der Waals surface area contributed by atoms with Gasteiger partial charge in [-0.15, -0.1) is 0 Å². The van der Waals surface area contributed by atoms with Crippen molar-refractivity contribution >= 4 is 21.0 Å². The first-order chi connectivity index (χ1) is 13.4. The summed E-state index contributed by atoms with van der Waals surface area (Å²) >= 11 is 0. The summed E-state index contributed by atoms with van der Waals surface area (Å²) in [4.78, 5) is 0.101. The Bertz CT molecular complexity index is 1160. The highest BCUT2D eigenvalue weighted by Crippen LogP contribution is 2.28. The standard InChI is InChI=1S/C20H19N3O4S/c1-20(24,19-13-15-5-2-3-6-18(15)27-19)14-22-28(25,26)17-9-7-16(8-10-17)23-12-4-11-21-23/h2-13,22,24H,14H2,1H3. The summed E-state index contributed by atoms with van der Waals surface area (Å²) in [5, 5.41) is 15.7. The predicted molar refractivity (Wildman–Crippen MR) is 105 cm³/mol. The van der Waals surface area contributed by atoms with Crippen LogP contribution in [0.1, 0.15) is 12.7 Å². The lowest BCUT2D eigenvalue weighted by Gasteiger charge is -2.21. The molecule has 28 heavy (non-hydrogen) atoms. The van der Waals surface area contributed by atoms with E-state index in [-0.39, 0.29) is 11.4 Å². The highest BCUT2D eigenvalue weighted by molar-refractivity contribution is 7.89. The molecule has 0 fully saturated rings. The van der Waals surface area contributed by atoms with Gasteiger partial charge in [0, 0.05) is 24.3 Å². The Kier molecular flexibility index (Phi) is 4.54. The number of hydrogen-bond acceptors (Lipinski definition) is 5. The van der Waals surface area contributed by atoms with Gasteiger partial charge in [0.25, 0.3) is 0 Å². The second-order valence-corrected chi connectivity index (χ2v) is 8.46. The second-order valence-electron chi connectivity index (χ2n) is 6.69. The van der Waals surface area contributed by atoms with Crippen LogP contribution in [0.2, 0.25) is 0 Å². The zero-order valence-electron chi connectivity index (χ0n) is 15.1. The van der Waals surface area contributed by atoms with Gasteiger partial charge >= 0.3 is 0 Å². The fraction of sp³-hybridized carbons (Fsp3) is 0.150. The number of aromatic nitrogens is 2. The molecule has 1 unspecified atom stereocenters. The summed E-state index contributed by atoms with van der Waals surface area (Å²) in [7, 11) is -3.80. The summed E-state index contributed by atoms with van der Waals surface area (Å²) in [6, 6.07) is 17.2. The van der Waals surface area contributed by atoms with Gasteiger partial charge in [-0.2, -0.15) is 5.10 Å². The molecule has 2 N–H and O–H groups in total. The maximum atomic E-state index is 12.6. The number of aliphatic hydroxyl groups is 1. The number of furan rings is 1. The molecule has 2 heterocycles. The van der Waals surface area contributed by atoms with Crippen molar-refractivity contribution in [1.82, 2.24) is 14.5 Å². The van der Waals surface area contributed by atoms with E-state index in [4.69, 9.17) is 4.42 Å². The van der Waals surface area contributed by atoms with E-state index >= 15 is 0 Å². The zero-order chi connectivity index (χ0) is 19.8. The van der Waals surface area contributed by atoms with Crippen molar-refractivity contribution in [2.45, 2.75) is 17.4 Å². The molecule has 0 aliphatic heterocycles. The molecule has 0 bridgehead atoms. The van der Waals surface area contributed by atoms with Crippen LogP contribution in [0.25, 0.3) is 16.7 Å². The Balaban J connectivity index is 1.51. The van der Waals surface area contributed by atoms with Gasteiger partial charge in [-0.25, -0.2) is 17.8 Å². The first-order valence-corrected chi connectivity index (χ1v) is 10.1. The van der Waals surface area contributed by atoms with E-state index in [1.165, 1.54) is 19.1 Å². The van der Waals surface area contributed by atoms with Crippen LogP contribution in [0, 0.1) is 0 Å². The number of para-hydroxylation sites is 1. The molecule has 0 spiro atoms. The van der Waals surface area contributed by atoms with Gasteiger partial charge in [0.2, 0.25) is 10.0 Å². The summed E-state index contributed by atoms with van der Waals surface area (Å²) in [5.41, 5.74) is -0.116. The maximum absolute atomic E-state index is 12.6. The van der Waals surface area contributed by atoms with Gasteiger partial charge in [0.15, 0.2) is 0 Å². The summed E-state index contributed by atoms with van der Waals surface area (Å²) in [6.45, 7) is 1.28. The molecule has 0 aliphatic carbocycles. The SMILES string of the molecule is CC(O)(CNS(=O)(=O)c1ccc(-n2cccn2)cc1)c1cc2ccccc2o1. The lowest BCUT2D eigenvalue weighted by molar-refractivity contribution is 0.0412. The fourth-order valence-electron chi connectivity index (χ4n) is 2.85. The van der Waals surface area contributed by atoms with Crippen molar-refractivity contribution in [3.8, 4) is 5.69 Å². The smallest absolute Gasteiger partial charge is 0.240 e. The van der Waals surface area contributed by atoms with Crippen LogP contribution >= 0.6 is 0 Å². The minimum Gasteiger partial charge on any atom is -0.458 e. The van der Waals surface area contributed by atoms with Gasteiger partial charge in [-0.1, -0.05) is 18.2 Å². The van der Waals surface area contributed by atoms with E-state index in [2.05, 4.69) is 9.82 Å². The normalized spacial score (nSPS) is 14.2. The van der Waals surface area contributed by atoms with E-state index in [1.807, 2.05) is 18.2 Å². The van der Waals surface area contributed by atoms with Crippen LogP contribution in [0.5, 0.6) is 0 Å². The van der Waals surface area contributed by atoms with Gasteiger partial charge in [0.05, 0.1) is 10.6 Å². The quantitative estimate of drug-likeness (QED) is 0.521. The Hall–Kier alpha value is -2.94. The molecule has 0 saturated heterocycles. The Labute approximate surface area is 162 Å². The van der Waals surface area contributed by atoms with E-state index in [1.54, 1.807) is 47.4 Å². The Morgan fingerprint density at radius 3 is 2.57 bits per heavy atom. The third-order valence-corrected chi connectivity index (χ3v) is 5.90. The van der Waals surface area contributed by atoms with Gasteiger partial charge in [-0.3, -0.25) is 0 Å². The molecule has 0 amide bonds. The lowest BCUT2D eigenvalue weighted by Crippen LogP contribution is -2.38. The molecule has 144 valence electrons. The van der Waals surface area contributed by atoms with Crippen LogP contribution < -0.4 is 4.72 Å². The minimum absolute atomic E-state index is 0.101. The Morgan fingerprint density at radius 1 is 1.14 bits per heavy atom. The molecule has 8 heteroatoms. The van der Waals surface area contributed by atoms with E-state index in [0.29, 0.717) is 11.3 Å². The first kappa shape index (κ1) is 18.4. The third-order valence-electron chi connectivity index (χ3n) is 4.48. The predicted octanol–water partition coefficient (Wildman–Crippen LogP) is 2.80. The number of nitrogens with one attached hydrogen (secondary N) is 1. The van der Waals surface area contributed by atoms with Gasteiger partial charge < -0.3 is 9.52 Å². The van der Waals surface area contributed by atoms with E-state index < -0.39 is 15.6 Å². The molecule has 0 aliphatic rings. The number of nitrogens with zero attached hydrogens (tertiary/aromatic N) is 2. The van der Waals surface area contributed by atoms with Crippen molar-refractivity contribution in [3.63, 3.8) is 0 Å². The van der Waals surface area contributed by atoms with Crippen molar-refractivity contribution < 1.29 is 17.9 Å². The summed E-state index contributed by atoms with van der Waals surface area (Å²) in [5.74, 6) is 0.297. The zero-order valence-corrected chi connectivity index (χ0v) is 15.9. The largest absolute Gasteiger partial charge is 0.458 e. The molecule has 1 atom stereocenters. The van der Waals surface area contributed by atoms with Crippen LogP contribution in [0.4, 0.5) is 0 Å². The molecule has 0 radical (unpaired) electrons. The van der Waals surface area contributed by atoms with Gasteiger partial charge in [0.1, 0.15) is 16.9 Å². The monoisotopic (exact) mass is 397 g/mol. The maximum Gasteiger partial charge on any atom is 0.240 e. The molecular weight excluding hydrogens is 378 g/mol. The molecular formula is C20H19N3O4S. The number of rotatable bonds is 6. The summed E-state index contributed by atoms with van der Waals surface area (Å²) in [6.07, 6.45) is 3.42. The number of fused-ring (bicyclic) bond motifs is 1. The van der Waals surface area contributed by atoms with Crippen molar-refractivity contribution in [1.29, 1.82) is 0 Å². The lowest BCUT2D eigenvalue weighted by atomic mass is 10.0. The number of benzene rings is 2. The van der Waals surface area contributed by atoms with Crippen LogP contribution in [-0.4, -0.2) is 29.8 Å². The van der Waals surface area contributed by atoms with E-state index in [9.17, 15) is 13.5 Å². The topological polar surface area (TPSA) is 97.4 Å². The average Bonchev–Trinajstić information content (AvgIpc) is 3.37. The average molecular weight is 397 g/mol. The third kappa shape index (κ3) is 3.57. The number of hydrogen-bond donors (Lipinski definition) is 2. The molecule has 4 rings (SSSR count). The Morgan fingerprint density at radius 2 is 1.89 bits per heavy atom. The van der Waals surface area contributed by atoms with E-state index in [0.717, 1.165) is 11.1 Å². The van der Waals surface area contributed by atoms with Crippen LogP contribution in [-0.2, 0) is 15.6 Å². The van der Waals surface area contributed by atoms with Crippen molar-refractivity contribution in [3.05, 3.63) is 78.8 Å². The van der Waals surface area contributed by atoms with Crippen molar-refractivity contribution in [2.75, 3.05) is 6.54 Å². The molecule has 4 aromatic rings.